The summed E-state index contributed by atoms with van der Waals surface area (Å²) in [7, 11) is 0. The Morgan fingerprint density at radius 3 is 2.71 bits per heavy atom. The number of nitrogens with one attached hydrogen (secondary N) is 2. The second-order valence-electron chi connectivity index (χ2n) is 0.770. The molecular formula is CH7IN3O2-. The van der Waals surface area contributed by atoms with E-state index in [0.717, 1.165) is 0 Å². The summed E-state index contributed by atoms with van der Waals surface area (Å²) in [4.78, 5) is 0. The second-order valence-corrected chi connectivity index (χ2v) is 2.92. The Hall–Kier alpha value is 0.530. The molecule has 0 saturated heterocycles. The molecule has 6 heteroatoms. The minimum absolute atomic E-state index is 0.190. The first kappa shape index (κ1) is 7.53. The van der Waals surface area contributed by atoms with Crippen LogP contribution in [0.3, 0.4) is 0 Å². The van der Waals surface area contributed by atoms with Crippen LogP contribution in [0.15, 0.2) is 0 Å². The Kier molecular flexibility index (Phi) is 5.04. The van der Waals surface area contributed by atoms with Gasteiger partial charge in [-0.3, -0.25) is 0 Å². The second kappa shape index (κ2) is 4.68. The summed E-state index contributed by atoms with van der Waals surface area (Å²) in [5.74, 6) is 4.81. The summed E-state index contributed by atoms with van der Waals surface area (Å²) in [5, 5.41) is 16.9. The number of quaternary nitrogens is 1. The average Bonchev–Trinajstić information content (AvgIpc) is 1.61. The van der Waals surface area contributed by atoms with Crippen molar-refractivity contribution in [3.8, 4) is 0 Å². The number of alkyl halides is 1. The molecule has 1 atom stereocenters. The van der Waals surface area contributed by atoms with Gasteiger partial charge < -0.3 is 0 Å². The van der Waals surface area contributed by atoms with E-state index in [1.807, 2.05) is 0 Å². The Labute approximate surface area is 51.6 Å². The van der Waals surface area contributed by atoms with Crippen LogP contribution in [0.1, 0.15) is 0 Å². The van der Waals surface area contributed by atoms with Gasteiger partial charge in [0.1, 0.15) is 0 Å². The first-order valence-electron chi connectivity index (χ1n) is 1.53. The van der Waals surface area contributed by atoms with Gasteiger partial charge in [-0.25, -0.2) is 0 Å². The van der Waals surface area contributed by atoms with Crippen LogP contribution in [0.5, 0.6) is 0 Å². The van der Waals surface area contributed by atoms with Gasteiger partial charge in [-0.2, -0.15) is 0 Å². The molecule has 5 nitrogen and oxygen atoms in total. The summed E-state index contributed by atoms with van der Waals surface area (Å²) in [5.41, 5.74) is 0. The Morgan fingerprint density at radius 1 is 2.00 bits per heavy atom. The van der Waals surface area contributed by atoms with E-state index in [2.05, 4.69) is 3.64 Å². The average molecular weight is 220 g/mol. The van der Waals surface area contributed by atoms with Crippen molar-refractivity contribution in [2.75, 3.05) is 4.55 Å². The van der Waals surface area contributed by atoms with Crippen LogP contribution in [0.25, 0.3) is 0 Å². The van der Waals surface area contributed by atoms with Gasteiger partial charge in [0, 0.05) is 0 Å². The topological polar surface area (TPSA) is 85.8 Å². The Balaban J connectivity index is 2.68. The van der Waals surface area contributed by atoms with Crippen LogP contribution >= 0.6 is 0 Å². The minimum atomic E-state index is -0.786. The Bertz CT molecular complexity index is 41.9. The van der Waals surface area contributed by atoms with Crippen LogP contribution in [0.2, 0.25) is 0 Å². The van der Waals surface area contributed by atoms with E-state index in [0.29, 0.717) is 0 Å². The fourth-order valence-corrected chi connectivity index (χ4v) is 0.642. The maximum atomic E-state index is 9.69. The van der Waals surface area contributed by atoms with E-state index >= 15 is 0 Å². The number of hydroxylamine groups is 2. The van der Waals surface area contributed by atoms with Gasteiger partial charge in [0.05, 0.1) is 0 Å². The molecule has 0 aromatic carbocycles. The molecule has 7 heavy (non-hydrogen) atoms. The molecule has 0 amide bonds. The quantitative estimate of drug-likeness (QED) is 0.0952. The molecule has 0 aromatic rings. The Morgan fingerprint density at radius 2 is 2.57 bits per heavy atom. The van der Waals surface area contributed by atoms with Gasteiger partial charge in [-0.15, -0.1) is 0 Å². The maximum absolute atomic E-state index is 9.69. The molecule has 0 aliphatic heterocycles. The summed E-state index contributed by atoms with van der Waals surface area (Å²) in [6, 6.07) is 0. The van der Waals surface area contributed by atoms with Gasteiger partial charge in [-0.1, -0.05) is 0 Å². The fraction of sp³-hybridized carbons (Fsp3) is 1.00. The van der Waals surface area contributed by atoms with E-state index < -0.39 is 26.7 Å². The zero-order valence-electron chi connectivity index (χ0n) is 3.52. The van der Waals surface area contributed by atoms with Crippen molar-refractivity contribution >= 4 is 0 Å². The SMILES string of the molecule is NN[I-]C[NH+]([O-])O. The molecule has 0 bridgehead atoms. The van der Waals surface area contributed by atoms with Gasteiger partial charge in [0.15, 0.2) is 0 Å². The normalized spacial score (nSPS) is 14.7. The number of nitrogens with two attached hydrogens (primary N) is 1. The first-order valence-corrected chi connectivity index (χ1v) is 4.13. The van der Waals surface area contributed by atoms with E-state index in [-0.39, 0.29) is 4.55 Å². The molecule has 46 valence electrons. The monoisotopic (exact) mass is 220 g/mol. The summed E-state index contributed by atoms with van der Waals surface area (Å²) < 4.78 is 2.52. The number of halogens is 1. The molecule has 0 fully saturated rings. The number of hydrogen-bond acceptors (Lipinski definition) is 4. The van der Waals surface area contributed by atoms with E-state index in [9.17, 15) is 5.21 Å². The molecule has 0 radical (unpaired) electrons. The van der Waals surface area contributed by atoms with E-state index in [1.54, 1.807) is 0 Å². The first-order chi connectivity index (χ1) is 3.27. The zero-order chi connectivity index (χ0) is 5.70. The predicted octanol–water partition coefficient (Wildman–Crippen LogP) is -5.82. The molecule has 0 heterocycles. The van der Waals surface area contributed by atoms with E-state index in [4.69, 9.17) is 11.0 Å². The molecule has 0 saturated carbocycles. The third-order valence-corrected chi connectivity index (χ3v) is 1.73. The fourth-order valence-electron chi connectivity index (χ4n) is 0.0957. The van der Waals surface area contributed by atoms with Crippen LogP contribution in [-0.2, 0) is 0 Å². The van der Waals surface area contributed by atoms with Gasteiger partial charge in [-0.05, 0) is 0 Å². The molecule has 1 unspecified atom stereocenters. The number of hydrogen-bond donors (Lipinski definition) is 4. The molecule has 0 aliphatic rings. The number of rotatable bonds is 3. The van der Waals surface area contributed by atoms with Crippen molar-refractivity contribution in [2.45, 2.75) is 0 Å². The predicted molar refractivity (Wildman–Crippen MR) is 18.3 cm³/mol. The standard InChI is InChI=1S/CH7IN3O2/c3-4-2-1-5(6)7/h4-6H,1,3H2/q-1. The van der Waals surface area contributed by atoms with E-state index in [1.165, 1.54) is 0 Å². The van der Waals surface area contributed by atoms with Crippen molar-refractivity contribution in [3.05, 3.63) is 5.21 Å². The zero-order valence-corrected chi connectivity index (χ0v) is 5.68. The summed E-state index contributed by atoms with van der Waals surface area (Å²) in [6.45, 7) is 0. The third kappa shape index (κ3) is 6.53. The van der Waals surface area contributed by atoms with Crippen LogP contribution in [0, 0.1) is 5.21 Å². The molecule has 5 N–H and O–H groups in total. The van der Waals surface area contributed by atoms with Crippen LogP contribution < -0.4 is 36.2 Å². The van der Waals surface area contributed by atoms with Crippen molar-refractivity contribution in [1.82, 2.24) is 3.64 Å². The molecule has 0 spiro atoms. The molecular weight excluding hydrogens is 213 g/mol. The molecule has 0 aromatic heterocycles. The van der Waals surface area contributed by atoms with Crippen LogP contribution in [-0.4, -0.2) is 9.76 Å². The van der Waals surface area contributed by atoms with Crippen molar-refractivity contribution in [3.63, 3.8) is 0 Å². The molecule has 0 rings (SSSR count). The van der Waals surface area contributed by atoms with Crippen LogP contribution in [0.4, 0.5) is 0 Å². The summed E-state index contributed by atoms with van der Waals surface area (Å²) >= 11 is -0.484. The van der Waals surface area contributed by atoms with Gasteiger partial charge >= 0.3 is 51.2 Å². The van der Waals surface area contributed by atoms with Crippen molar-refractivity contribution in [2.24, 2.45) is 5.84 Å². The van der Waals surface area contributed by atoms with Gasteiger partial charge in [0.25, 0.3) is 0 Å². The summed E-state index contributed by atoms with van der Waals surface area (Å²) in [6.07, 6.45) is 0. The third-order valence-electron chi connectivity index (χ3n) is 0.258. The van der Waals surface area contributed by atoms with Crippen molar-refractivity contribution in [1.29, 1.82) is 0 Å². The van der Waals surface area contributed by atoms with Crippen molar-refractivity contribution < 1.29 is 31.9 Å². The number of hydrazine groups is 1. The molecule has 0 aliphatic carbocycles. The van der Waals surface area contributed by atoms with Gasteiger partial charge in [0.2, 0.25) is 0 Å².